The second-order valence-corrected chi connectivity index (χ2v) is 6.00. The van der Waals surface area contributed by atoms with Crippen LogP contribution in [0.1, 0.15) is 25.7 Å². The van der Waals surface area contributed by atoms with Crippen LogP contribution in [-0.4, -0.2) is 11.9 Å². The number of hydrogen-bond donors (Lipinski definition) is 2. The Kier molecular flexibility index (Phi) is 4.65. The SMILES string of the molecule is N[C@@H]1CCC[C@H]1CC(=O)Nc1ccc(Cl)c(Br)c1. The molecular weight excluding hydrogens is 316 g/mol. The lowest BCUT2D eigenvalue weighted by molar-refractivity contribution is -0.117. The fourth-order valence-corrected chi connectivity index (χ4v) is 2.84. The number of benzene rings is 1. The van der Waals surface area contributed by atoms with Crippen LogP contribution in [0.2, 0.25) is 5.02 Å². The van der Waals surface area contributed by atoms with Crippen molar-refractivity contribution in [2.24, 2.45) is 11.7 Å². The number of amides is 1. The first-order chi connectivity index (χ1) is 8.56. The van der Waals surface area contributed by atoms with Crippen LogP contribution in [0, 0.1) is 5.92 Å². The molecule has 0 aromatic heterocycles. The molecule has 0 aliphatic heterocycles. The first-order valence-electron chi connectivity index (χ1n) is 6.07. The van der Waals surface area contributed by atoms with Crippen LogP contribution in [0.4, 0.5) is 5.69 Å². The van der Waals surface area contributed by atoms with Crippen LogP contribution in [0.5, 0.6) is 0 Å². The van der Waals surface area contributed by atoms with Gasteiger partial charge in [0.05, 0.1) is 5.02 Å². The smallest absolute Gasteiger partial charge is 0.224 e. The van der Waals surface area contributed by atoms with E-state index in [4.69, 9.17) is 17.3 Å². The zero-order valence-electron chi connectivity index (χ0n) is 9.96. The van der Waals surface area contributed by atoms with Gasteiger partial charge in [0.25, 0.3) is 0 Å². The number of rotatable bonds is 3. The van der Waals surface area contributed by atoms with Gasteiger partial charge in [0.1, 0.15) is 0 Å². The van der Waals surface area contributed by atoms with E-state index in [9.17, 15) is 4.79 Å². The maximum Gasteiger partial charge on any atom is 0.224 e. The lowest BCUT2D eigenvalue weighted by Gasteiger charge is -2.14. The molecule has 1 aromatic carbocycles. The summed E-state index contributed by atoms with van der Waals surface area (Å²) >= 11 is 9.23. The van der Waals surface area contributed by atoms with Gasteiger partial charge in [-0.15, -0.1) is 0 Å². The van der Waals surface area contributed by atoms with E-state index in [2.05, 4.69) is 21.2 Å². The van der Waals surface area contributed by atoms with Gasteiger partial charge >= 0.3 is 0 Å². The van der Waals surface area contributed by atoms with Gasteiger partial charge in [-0.25, -0.2) is 0 Å². The molecule has 2 rings (SSSR count). The van der Waals surface area contributed by atoms with Crippen molar-refractivity contribution in [1.29, 1.82) is 0 Å². The van der Waals surface area contributed by atoms with E-state index in [0.29, 0.717) is 17.4 Å². The standard InChI is InChI=1S/C13H16BrClN2O/c14-10-7-9(4-5-11(10)15)17-13(18)6-8-2-1-3-12(8)16/h4-5,7-8,12H,1-3,6,16H2,(H,17,18)/t8-,12+/m0/s1. The lowest BCUT2D eigenvalue weighted by Crippen LogP contribution is -2.28. The van der Waals surface area contributed by atoms with Gasteiger partial charge in [-0.3, -0.25) is 4.79 Å². The average Bonchev–Trinajstić information content (AvgIpc) is 2.70. The summed E-state index contributed by atoms with van der Waals surface area (Å²) in [5.74, 6) is 0.340. The molecule has 0 unspecified atom stereocenters. The molecule has 18 heavy (non-hydrogen) atoms. The largest absolute Gasteiger partial charge is 0.327 e. The van der Waals surface area contributed by atoms with Crippen molar-refractivity contribution < 1.29 is 4.79 Å². The molecule has 0 bridgehead atoms. The Morgan fingerprint density at radius 3 is 2.89 bits per heavy atom. The maximum atomic E-state index is 11.9. The molecule has 98 valence electrons. The molecule has 0 radical (unpaired) electrons. The van der Waals surface area contributed by atoms with Gasteiger partial charge in [-0.05, 0) is 52.9 Å². The molecule has 0 spiro atoms. The predicted molar refractivity (Wildman–Crippen MR) is 77.7 cm³/mol. The minimum atomic E-state index is 0.0200. The van der Waals surface area contributed by atoms with Crippen molar-refractivity contribution >= 4 is 39.1 Å². The summed E-state index contributed by atoms with van der Waals surface area (Å²) in [5, 5.41) is 3.50. The molecule has 1 fully saturated rings. The van der Waals surface area contributed by atoms with Gasteiger partial charge in [0, 0.05) is 22.6 Å². The Balaban J connectivity index is 1.92. The zero-order chi connectivity index (χ0) is 13.1. The van der Waals surface area contributed by atoms with E-state index < -0.39 is 0 Å². The third-order valence-corrected chi connectivity index (χ3v) is 4.58. The van der Waals surface area contributed by atoms with Crippen molar-refractivity contribution in [3.63, 3.8) is 0 Å². The third kappa shape index (κ3) is 3.46. The molecule has 1 aromatic rings. The van der Waals surface area contributed by atoms with Gasteiger partial charge in [0.2, 0.25) is 5.91 Å². The summed E-state index contributed by atoms with van der Waals surface area (Å²) < 4.78 is 0.777. The van der Waals surface area contributed by atoms with Crippen molar-refractivity contribution in [2.45, 2.75) is 31.7 Å². The molecule has 1 aliphatic carbocycles. The zero-order valence-corrected chi connectivity index (χ0v) is 12.3. The Bertz CT molecular complexity index is 453. The molecule has 0 saturated heterocycles. The van der Waals surface area contributed by atoms with E-state index in [1.165, 1.54) is 0 Å². The summed E-state index contributed by atoms with van der Waals surface area (Å²) in [6, 6.07) is 5.52. The van der Waals surface area contributed by atoms with Crippen molar-refractivity contribution in [3.8, 4) is 0 Å². The predicted octanol–water partition coefficient (Wildman–Crippen LogP) is 3.56. The van der Waals surface area contributed by atoms with Crippen LogP contribution < -0.4 is 11.1 Å². The van der Waals surface area contributed by atoms with Crippen LogP contribution in [0.3, 0.4) is 0 Å². The molecule has 1 saturated carbocycles. The number of anilines is 1. The number of carbonyl (C=O) groups excluding carboxylic acids is 1. The summed E-state index contributed by atoms with van der Waals surface area (Å²) in [6.07, 6.45) is 3.72. The third-order valence-electron chi connectivity index (χ3n) is 3.37. The highest BCUT2D eigenvalue weighted by molar-refractivity contribution is 9.10. The lowest BCUT2D eigenvalue weighted by atomic mass is 10.00. The summed E-state index contributed by atoms with van der Waals surface area (Å²) in [4.78, 5) is 11.9. The van der Waals surface area contributed by atoms with Crippen molar-refractivity contribution in [2.75, 3.05) is 5.32 Å². The number of halogens is 2. The highest BCUT2D eigenvalue weighted by Gasteiger charge is 2.25. The quantitative estimate of drug-likeness (QED) is 0.890. The second kappa shape index (κ2) is 6.04. The normalized spacial score (nSPS) is 23.1. The van der Waals surface area contributed by atoms with E-state index >= 15 is 0 Å². The highest BCUT2D eigenvalue weighted by atomic mass is 79.9. The molecule has 0 heterocycles. The Labute approximate surface area is 120 Å². The number of hydrogen-bond acceptors (Lipinski definition) is 2. The topological polar surface area (TPSA) is 55.1 Å². The fourth-order valence-electron chi connectivity index (χ4n) is 2.34. The van der Waals surface area contributed by atoms with E-state index in [1.807, 2.05) is 0 Å². The minimum Gasteiger partial charge on any atom is -0.327 e. The first kappa shape index (κ1) is 13.8. The minimum absolute atomic E-state index is 0.0200. The summed E-state index contributed by atoms with van der Waals surface area (Å²) in [6.45, 7) is 0. The molecule has 2 atom stereocenters. The second-order valence-electron chi connectivity index (χ2n) is 4.74. The fraction of sp³-hybridized carbons (Fsp3) is 0.462. The molecular formula is C13H16BrClN2O. The van der Waals surface area contributed by atoms with Gasteiger partial charge in [0.15, 0.2) is 0 Å². The van der Waals surface area contributed by atoms with E-state index in [0.717, 1.165) is 29.4 Å². The van der Waals surface area contributed by atoms with Gasteiger partial charge in [-0.2, -0.15) is 0 Å². The van der Waals surface area contributed by atoms with Crippen molar-refractivity contribution in [1.82, 2.24) is 0 Å². The molecule has 5 heteroatoms. The summed E-state index contributed by atoms with van der Waals surface area (Å²) in [5.41, 5.74) is 6.71. The van der Waals surface area contributed by atoms with Crippen LogP contribution >= 0.6 is 27.5 Å². The monoisotopic (exact) mass is 330 g/mol. The number of carbonyl (C=O) groups is 1. The average molecular weight is 332 g/mol. The van der Waals surface area contributed by atoms with Crippen LogP contribution in [-0.2, 0) is 4.79 Å². The Morgan fingerprint density at radius 2 is 2.28 bits per heavy atom. The maximum absolute atomic E-state index is 11.9. The van der Waals surface area contributed by atoms with Crippen molar-refractivity contribution in [3.05, 3.63) is 27.7 Å². The Hall–Kier alpha value is -0.580. The molecule has 3 nitrogen and oxygen atoms in total. The number of nitrogens with two attached hydrogens (primary N) is 1. The Morgan fingerprint density at radius 1 is 1.50 bits per heavy atom. The molecule has 1 aliphatic rings. The van der Waals surface area contributed by atoms with Crippen LogP contribution in [0.25, 0.3) is 0 Å². The van der Waals surface area contributed by atoms with Gasteiger partial charge in [-0.1, -0.05) is 18.0 Å². The van der Waals surface area contributed by atoms with Crippen LogP contribution in [0.15, 0.2) is 22.7 Å². The molecule has 1 amide bonds. The highest BCUT2D eigenvalue weighted by Crippen LogP contribution is 2.28. The number of nitrogens with one attached hydrogen (secondary N) is 1. The van der Waals surface area contributed by atoms with E-state index in [1.54, 1.807) is 18.2 Å². The van der Waals surface area contributed by atoms with Gasteiger partial charge < -0.3 is 11.1 Å². The first-order valence-corrected chi connectivity index (χ1v) is 7.24. The summed E-state index contributed by atoms with van der Waals surface area (Å²) in [7, 11) is 0. The van der Waals surface area contributed by atoms with E-state index in [-0.39, 0.29) is 11.9 Å². The molecule has 3 N–H and O–H groups in total.